The van der Waals surface area contributed by atoms with Crippen molar-refractivity contribution in [1.82, 2.24) is 15.0 Å². The van der Waals surface area contributed by atoms with E-state index in [-0.39, 0.29) is 11.3 Å². The first kappa shape index (κ1) is 18.4. The van der Waals surface area contributed by atoms with Gasteiger partial charge in [-0.1, -0.05) is 6.07 Å². The van der Waals surface area contributed by atoms with Crippen molar-refractivity contribution in [2.45, 2.75) is 0 Å². The fraction of sp³-hybridized carbons (Fsp3) is 0.0476. The summed E-state index contributed by atoms with van der Waals surface area (Å²) in [6, 6.07) is 7.24. The SMILES string of the molecule is O=CCOc1ccc(F)c(C(=O)c2c[nH]c3ncc(-c4cccnc4)cc23)c1F. The van der Waals surface area contributed by atoms with E-state index in [1.807, 2.05) is 6.07 Å². The number of halogens is 2. The van der Waals surface area contributed by atoms with Crippen LogP contribution in [0, 0.1) is 11.6 Å². The van der Waals surface area contributed by atoms with Crippen LogP contribution >= 0.6 is 0 Å². The minimum Gasteiger partial charge on any atom is -0.483 e. The van der Waals surface area contributed by atoms with E-state index < -0.39 is 29.6 Å². The van der Waals surface area contributed by atoms with Crippen LogP contribution in [0.25, 0.3) is 22.2 Å². The number of rotatable bonds is 6. The molecule has 0 aliphatic carbocycles. The highest BCUT2D eigenvalue weighted by molar-refractivity contribution is 6.16. The van der Waals surface area contributed by atoms with E-state index in [0.717, 1.165) is 17.7 Å². The minimum atomic E-state index is -1.16. The summed E-state index contributed by atoms with van der Waals surface area (Å²) in [6.07, 6.45) is 6.66. The number of H-pyrrole nitrogens is 1. The molecule has 0 amide bonds. The molecule has 6 nitrogen and oxygen atoms in total. The van der Waals surface area contributed by atoms with E-state index >= 15 is 0 Å². The third-order valence-electron chi connectivity index (χ3n) is 4.36. The third-order valence-corrected chi connectivity index (χ3v) is 4.36. The molecule has 144 valence electrons. The molecular weight excluding hydrogens is 380 g/mol. The lowest BCUT2D eigenvalue weighted by molar-refractivity contribution is -0.109. The Balaban J connectivity index is 1.81. The number of aromatic amines is 1. The first-order valence-corrected chi connectivity index (χ1v) is 8.57. The highest BCUT2D eigenvalue weighted by Gasteiger charge is 2.25. The maximum absolute atomic E-state index is 14.7. The number of fused-ring (bicyclic) bond motifs is 1. The molecule has 0 spiro atoms. The quantitative estimate of drug-likeness (QED) is 0.399. The summed E-state index contributed by atoms with van der Waals surface area (Å²) in [5.41, 5.74) is 1.17. The van der Waals surface area contributed by atoms with Gasteiger partial charge in [-0.05, 0) is 24.3 Å². The van der Waals surface area contributed by atoms with E-state index in [4.69, 9.17) is 4.74 Å². The van der Waals surface area contributed by atoms with Crippen LogP contribution in [0.4, 0.5) is 8.78 Å². The summed E-state index contributed by atoms with van der Waals surface area (Å²) in [5.74, 6) is -3.44. The van der Waals surface area contributed by atoms with Gasteiger partial charge in [0.2, 0.25) is 5.78 Å². The van der Waals surface area contributed by atoms with Gasteiger partial charge in [0.05, 0.1) is 5.56 Å². The maximum atomic E-state index is 14.7. The summed E-state index contributed by atoms with van der Waals surface area (Å²) in [7, 11) is 0. The standard InChI is InChI=1S/C21H13F2N3O3/c22-16-3-4-17(29-7-6-27)19(23)18(16)20(28)15-11-26-21-14(15)8-13(10-25-21)12-2-1-5-24-9-12/h1-6,8-11H,7H2,(H,25,26). The number of nitrogens with one attached hydrogen (secondary N) is 1. The van der Waals surface area contributed by atoms with Crippen molar-refractivity contribution in [3.63, 3.8) is 0 Å². The Morgan fingerprint density at radius 3 is 2.79 bits per heavy atom. The molecule has 0 fully saturated rings. The van der Waals surface area contributed by atoms with Crippen LogP contribution in [-0.4, -0.2) is 33.6 Å². The summed E-state index contributed by atoms with van der Waals surface area (Å²) in [5, 5.41) is 0.411. The number of aromatic nitrogens is 3. The molecule has 0 saturated heterocycles. The molecule has 4 rings (SSSR count). The van der Waals surface area contributed by atoms with Crippen molar-refractivity contribution in [3.8, 4) is 16.9 Å². The van der Waals surface area contributed by atoms with Crippen LogP contribution in [0.1, 0.15) is 15.9 Å². The maximum Gasteiger partial charge on any atom is 0.201 e. The predicted molar refractivity (Wildman–Crippen MR) is 101 cm³/mol. The molecule has 3 heterocycles. The first-order valence-electron chi connectivity index (χ1n) is 8.57. The second kappa shape index (κ2) is 7.59. The van der Waals surface area contributed by atoms with Crippen molar-refractivity contribution < 1.29 is 23.1 Å². The Labute approximate surface area is 163 Å². The molecule has 0 aliphatic rings. The molecule has 0 radical (unpaired) electrons. The van der Waals surface area contributed by atoms with Gasteiger partial charge in [-0.2, -0.15) is 0 Å². The predicted octanol–water partition coefficient (Wildman–Crippen LogP) is 3.71. The summed E-state index contributed by atoms with van der Waals surface area (Å²) < 4.78 is 34.0. The lowest BCUT2D eigenvalue weighted by atomic mass is 10.0. The Hall–Kier alpha value is -3.94. The fourth-order valence-corrected chi connectivity index (χ4v) is 2.99. The van der Waals surface area contributed by atoms with Crippen LogP contribution in [0.15, 0.2) is 55.1 Å². The summed E-state index contributed by atoms with van der Waals surface area (Å²) in [4.78, 5) is 34.6. The topological polar surface area (TPSA) is 84.9 Å². The monoisotopic (exact) mass is 393 g/mol. The molecule has 8 heteroatoms. The molecule has 0 aliphatic heterocycles. The number of pyridine rings is 2. The lowest BCUT2D eigenvalue weighted by Crippen LogP contribution is -2.10. The van der Waals surface area contributed by atoms with E-state index in [2.05, 4.69) is 15.0 Å². The van der Waals surface area contributed by atoms with Crippen molar-refractivity contribution >= 4 is 23.1 Å². The molecule has 3 aromatic heterocycles. The van der Waals surface area contributed by atoms with Crippen LogP contribution < -0.4 is 4.74 Å². The van der Waals surface area contributed by atoms with Crippen LogP contribution in [0.3, 0.4) is 0 Å². The zero-order valence-electron chi connectivity index (χ0n) is 14.9. The van der Waals surface area contributed by atoms with Gasteiger partial charge in [-0.3, -0.25) is 14.6 Å². The second-order valence-corrected chi connectivity index (χ2v) is 6.11. The molecule has 0 atom stereocenters. The Kier molecular flexibility index (Phi) is 4.82. The molecule has 0 bridgehead atoms. The highest BCUT2D eigenvalue weighted by Crippen LogP contribution is 2.29. The number of nitrogens with zero attached hydrogens (tertiary/aromatic N) is 2. The average molecular weight is 393 g/mol. The second-order valence-electron chi connectivity index (χ2n) is 6.11. The highest BCUT2D eigenvalue weighted by atomic mass is 19.1. The van der Waals surface area contributed by atoms with Crippen LogP contribution in [0.2, 0.25) is 0 Å². The van der Waals surface area contributed by atoms with E-state index in [0.29, 0.717) is 22.9 Å². The molecule has 0 saturated carbocycles. The van der Waals surface area contributed by atoms with Gasteiger partial charge >= 0.3 is 0 Å². The number of ketones is 1. The van der Waals surface area contributed by atoms with Gasteiger partial charge in [0.25, 0.3) is 0 Å². The minimum absolute atomic E-state index is 0.0589. The molecule has 0 unspecified atom stereocenters. The fourth-order valence-electron chi connectivity index (χ4n) is 2.99. The number of aldehydes is 1. The largest absolute Gasteiger partial charge is 0.483 e. The average Bonchev–Trinajstić information content (AvgIpc) is 3.17. The van der Waals surface area contributed by atoms with E-state index in [9.17, 15) is 18.4 Å². The smallest absolute Gasteiger partial charge is 0.201 e. The van der Waals surface area contributed by atoms with Crippen molar-refractivity contribution in [1.29, 1.82) is 0 Å². The van der Waals surface area contributed by atoms with Crippen LogP contribution in [0.5, 0.6) is 5.75 Å². The Morgan fingerprint density at radius 1 is 1.17 bits per heavy atom. The van der Waals surface area contributed by atoms with Gasteiger partial charge in [-0.25, -0.2) is 13.8 Å². The van der Waals surface area contributed by atoms with Crippen LogP contribution in [-0.2, 0) is 4.79 Å². The number of benzene rings is 1. The molecule has 29 heavy (non-hydrogen) atoms. The summed E-state index contributed by atoms with van der Waals surface area (Å²) >= 11 is 0. The molecule has 1 N–H and O–H groups in total. The van der Waals surface area contributed by atoms with Crippen molar-refractivity contribution in [2.24, 2.45) is 0 Å². The van der Waals surface area contributed by atoms with Gasteiger partial charge < -0.3 is 9.72 Å². The molecular formula is C21H13F2N3O3. The number of carbonyl (C=O) groups is 2. The van der Waals surface area contributed by atoms with Crippen molar-refractivity contribution in [2.75, 3.05) is 6.61 Å². The third kappa shape index (κ3) is 3.36. The number of ether oxygens (including phenoxy) is 1. The molecule has 1 aromatic carbocycles. The Bertz CT molecular complexity index is 1220. The normalized spacial score (nSPS) is 10.8. The number of hydrogen-bond donors (Lipinski definition) is 1. The Morgan fingerprint density at radius 2 is 2.03 bits per heavy atom. The van der Waals surface area contributed by atoms with Gasteiger partial charge in [0.1, 0.15) is 18.1 Å². The van der Waals surface area contributed by atoms with E-state index in [1.54, 1.807) is 30.7 Å². The van der Waals surface area contributed by atoms with Gasteiger partial charge in [0, 0.05) is 46.9 Å². The van der Waals surface area contributed by atoms with Gasteiger partial charge in [0.15, 0.2) is 17.9 Å². The number of carbonyl (C=O) groups excluding carboxylic acids is 2. The van der Waals surface area contributed by atoms with Gasteiger partial charge in [-0.15, -0.1) is 0 Å². The number of hydrogen-bond acceptors (Lipinski definition) is 5. The van der Waals surface area contributed by atoms with Crippen molar-refractivity contribution in [3.05, 3.63) is 77.9 Å². The summed E-state index contributed by atoms with van der Waals surface area (Å²) in [6.45, 7) is -0.415. The molecule has 4 aromatic rings. The first-order chi connectivity index (χ1) is 14.1. The van der Waals surface area contributed by atoms with E-state index in [1.165, 1.54) is 6.20 Å². The lowest BCUT2D eigenvalue weighted by Gasteiger charge is -2.09. The zero-order chi connectivity index (χ0) is 20.4. The zero-order valence-corrected chi connectivity index (χ0v) is 14.9.